The van der Waals surface area contributed by atoms with Gasteiger partial charge in [0, 0.05) is 16.3 Å². The van der Waals surface area contributed by atoms with Gasteiger partial charge in [0.2, 0.25) is 0 Å². The van der Waals surface area contributed by atoms with Gasteiger partial charge in [0.15, 0.2) is 6.61 Å². The van der Waals surface area contributed by atoms with E-state index in [-0.39, 0.29) is 29.5 Å². The molecule has 2 N–H and O–H groups in total. The first-order valence-corrected chi connectivity index (χ1v) is 11.4. The summed E-state index contributed by atoms with van der Waals surface area (Å²) in [5.74, 6) is -1.71. The highest BCUT2D eigenvalue weighted by molar-refractivity contribution is 6.39. The third-order valence-corrected chi connectivity index (χ3v) is 5.68. The van der Waals surface area contributed by atoms with E-state index in [1.54, 1.807) is 24.3 Å². The molecule has 0 aliphatic carbocycles. The first-order chi connectivity index (χ1) is 17.2. The molecule has 1 saturated heterocycles. The average Bonchev–Trinajstić information content (AvgIpc) is 2.84. The number of benzene rings is 3. The summed E-state index contributed by atoms with van der Waals surface area (Å²) in [5, 5.41) is 5.42. The van der Waals surface area contributed by atoms with Crippen LogP contribution in [0.3, 0.4) is 0 Å². The number of nitrogens with zero attached hydrogens (tertiary/aromatic N) is 1. The molecule has 3 aromatic carbocycles. The Balaban J connectivity index is 1.54. The lowest BCUT2D eigenvalue weighted by Crippen LogP contribution is -2.54. The van der Waals surface area contributed by atoms with Crippen LogP contribution in [0.5, 0.6) is 5.75 Å². The number of nitrogens with one attached hydrogen (secondary N) is 2. The number of para-hydroxylation sites is 1. The number of carbonyl (C=O) groups excluding carboxylic acids is 4. The topological polar surface area (TPSA) is 105 Å². The lowest BCUT2D eigenvalue weighted by Gasteiger charge is -2.26. The van der Waals surface area contributed by atoms with Gasteiger partial charge >= 0.3 is 6.03 Å². The molecule has 8 nitrogen and oxygen atoms in total. The van der Waals surface area contributed by atoms with E-state index in [1.807, 2.05) is 32.0 Å². The summed E-state index contributed by atoms with van der Waals surface area (Å²) in [4.78, 5) is 51.4. The Bertz CT molecular complexity index is 1400. The molecule has 36 heavy (non-hydrogen) atoms. The minimum Gasteiger partial charge on any atom is -0.483 e. The maximum absolute atomic E-state index is 13.1. The number of hydrogen-bond donors (Lipinski definition) is 2. The van der Waals surface area contributed by atoms with Gasteiger partial charge in [-0.1, -0.05) is 41.9 Å². The minimum atomic E-state index is -0.864. The fourth-order valence-corrected chi connectivity index (χ4v) is 3.69. The van der Waals surface area contributed by atoms with Gasteiger partial charge in [-0.05, 0) is 67.4 Å². The van der Waals surface area contributed by atoms with Crippen LogP contribution in [0.25, 0.3) is 6.08 Å². The van der Waals surface area contributed by atoms with Crippen LogP contribution in [0.15, 0.2) is 72.3 Å². The third-order valence-electron chi connectivity index (χ3n) is 5.43. The van der Waals surface area contributed by atoms with Crippen LogP contribution in [-0.4, -0.2) is 30.4 Å². The zero-order chi connectivity index (χ0) is 25.8. The summed E-state index contributed by atoms with van der Waals surface area (Å²) in [6.07, 6.45) is 1.32. The highest BCUT2D eigenvalue weighted by Crippen LogP contribution is 2.26. The highest BCUT2D eigenvalue weighted by Gasteiger charge is 2.37. The summed E-state index contributed by atoms with van der Waals surface area (Å²) in [6.45, 7) is 3.53. The van der Waals surface area contributed by atoms with Crippen molar-refractivity contribution in [2.75, 3.05) is 16.8 Å². The van der Waals surface area contributed by atoms with Gasteiger partial charge in [-0.15, -0.1) is 0 Å². The Labute approximate surface area is 212 Å². The second-order valence-electron chi connectivity index (χ2n) is 8.13. The Kier molecular flexibility index (Phi) is 7.17. The molecular weight excluding hydrogens is 482 g/mol. The van der Waals surface area contributed by atoms with E-state index in [0.29, 0.717) is 16.3 Å². The molecule has 3 aromatic rings. The number of hydrogen-bond acceptors (Lipinski definition) is 5. The molecule has 9 heteroatoms. The molecule has 0 bridgehead atoms. The normalized spacial score (nSPS) is 14.6. The van der Waals surface area contributed by atoms with Crippen molar-refractivity contribution in [3.8, 4) is 5.75 Å². The molecule has 4 rings (SSSR count). The van der Waals surface area contributed by atoms with Gasteiger partial charge in [0.25, 0.3) is 17.7 Å². The maximum atomic E-state index is 13.1. The van der Waals surface area contributed by atoms with E-state index in [4.69, 9.17) is 16.3 Å². The lowest BCUT2D eigenvalue weighted by molar-refractivity contribution is -0.122. The number of imide groups is 2. The van der Waals surface area contributed by atoms with Crippen LogP contribution >= 0.6 is 11.6 Å². The SMILES string of the molecule is Cc1ccc(C)c(NC(=O)COc2ccccc2/C=C2/C(=O)NC(=O)N(c3ccc(Cl)cc3)C2=O)c1. The fraction of sp³-hybridized carbons (Fsp3) is 0.111. The molecule has 1 heterocycles. The molecule has 0 radical (unpaired) electrons. The largest absolute Gasteiger partial charge is 0.483 e. The highest BCUT2D eigenvalue weighted by atomic mass is 35.5. The predicted molar refractivity (Wildman–Crippen MR) is 137 cm³/mol. The molecule has 0 aromatic heterocycles. The smallest absolute Gasteiger partial charge is 0.335 e. The van der Waals surface area contributed by atoms with E-state index in [0.717, 1.165) is 16.0 Å². The first-order valence-electron chi connectivity index (χ1n) is 11.0. The van der Waals surface area contributed by atoms with Crippen molar-refractivity contribution < 1.29 is 23.9 Å². The van der Waals surface area contributed by atoms with Crippen LogP contribution in [0.4, 0.5) is 16.2 Å². The van der Waals surface area contributed by atoms with Gasteiger partial charge in [0.1, 0.15) is 11.3 Å². The summed E-state index contributed by atoms with van der Waals surface area (Å²) in [5.41, 5.74) is 3.00. The summed E-state index contributed by atoms with van der Waals surface area (Å²) in [6, 6.07) is 17.6. The second kappa shape index (κ2) is 10.5. The Morgan fingerprint density at radius 1 is 1.03 bits per heavy atom. The Morgan fingerprint density at radius 2 is 1.75 bits per heavy atom. The van der Waals surface area contributed by atoms with Gasteiger partial charge in [-0.2, -0.15) is 0 Å². The monoisotopic (exact) mass is 503 g/mol. The van der Waals surface area contributed by atoms with Crippen molar-refractivity contribution in [2.45, 2.75) is 13.8 Å². The molecule has 1 aliphatic heterocycles. The van der Waals surface area contributed by atoms with Crippen molar-refractivity contribution in [1.29, 1.82) is 0 Å². The molecule has 0 spiro atoms. The zero-order valence-electron chi connectivity index (χ0n) is 19.5. The quantitative estimate of drug-likeness (QED) is 0.376. The standard InChI is InChI=1S/C27H22ClN3O5/c1-16-7-8-17(2)22(13-16)29-24(32)15-36-23-6-4-3-5-18(23)14-21-25(33)30-27(35)31(26(21)34)20-11-9-19(28)10-12-20/h3-14H,15H2,1-2H3,(H,29,32)(H,30,33,35)/b21-14-. The Hall–Kier alpha value is -4.43. The molecule has 0 saturated carbocycles. The number of anilines is 2. The average molecular weight is 504 g/mol. The van der Waals surface area contributed by atoms with E-state index in [2.05, 4.69) is 10.6 Å². The minimum absolute atomic E-state index is 0.257. The molecular formula is C27H22ClN3O5. The summed E-state index contributed by atoms with van der Waals surface area (Å²) < 4.78 is 5.70. The molecule has 5 amide bonds. The number of barbiturate groups is 1. The van der Waals surface area contributed by atoms with Gasteiger partial charge in [-0.25, -0.2) is 9.69 Å². The number of urea groups is 1. The summed E-state index contributed by atoms with van der Waals surface area (Å²) >= 11 is 5.90. The van der Waals surface area contributed by atoms with E-state index >= 15 is 0 Å². The van der Waals surface area contributed by atoms with Crippen LogP contribution in [0.1, 0.15) is 16.7 Å². The van der Waals surface area contributed by atoms with Gasteiger partial charge in [-0.3, -0.25) is 19.7 Å². The lowest BCUT2D eigenvalue weighted by atomic mass is 10.1. The van der Waals surface area contributed by atoms with Crippen molar-refractivity contribution in [1.82, 2.24) is 5.32 Å². The number of halogens is 1. The molecule has 182 valence electrons. The second-order valence-corrected chi connectivity index (χ2v) is 8.56. The molecule has 1 aliphatic rings. The van der Waals surface area contributed by atoms with E-state index in [9.17, 15) is 19.2 Å². The first kappa shape index (κ1) is 24.7. The van der Waals surface area contributed by atoms with Gasteiger partial charge < -0.3 is 10.1 Å². The predicted octanol–water partition coefficient (Wildman–Crippen LogP) is 4.64. The number of carbonyl (C=O) groups is 4. The van der Waals surface area contributed by atoms with Gasteiger partial charge in [0.05, 0.1) is 5.69 Å². The van der Waals surface area contributed by atoms with E-state index < -0.39 is 17.8 Å². The van der Waals surface area contributed by atoms with Crippen molar-refractivity contribution in [3.05, 3.63) is 94.0 Å². The third kappa shape index (κ3) is 5.45. The van der Waals surface area contributed by atoms with Crippen LogP contribution in [0.2, 0.25) is 5.02 Å². The number of rotatable bonds is 6. The van der Waals surface area contributed by atoms with Crippen molar-refractivity contribution in [2.24, 2.45) is 0 Å². The number of amides is 5. The summed E-state index contributed by atoms with van der Waals surface area (Å²) in [7, 11) is 0. The number of ether oxygens (including phenoxy) is 1. The van der Waals surface area contributed by atoms with Crippen LogP contribution in [-0.2, 0) is 14.4 Å². The van der Waals surface area contributed by atoms with Crippen LogP contribution in [0, 0.1) is 13.8 Å². The number of aryl methyl sites for hydroxylation is 2. The molecule has 0 atom stereocenters. The maximum Gasteiger partial charge on any atom is 0.335 e. The fourth-order valence-electron chi connectivity index (χ4n) is 3.57. The Morgan fingerprint density at radius 3 is 2.50 bits per heavy atom. The molecule has 1 fully saturated rings. The van der Waals surface area contributed by atoms with Crippen molar-refractivity contribution in [3.63, 3.8) is 0 Å². The molecule has 0 unspecified atom stereocenters. The van der Waals surface area contributed by atoms with Crippen molar-refractivity contribution >= 4 is 52.8 Å². The van der Waals surface area contributed by atoms with Crippen LogP contribution < -0.4 is 20.3 Å². The van der Waals surface area contributed by atoms with E-state index in [1.165, 1.54) is 30.3 Å². The zero-order valence-corrected chi connectivity index (χ0v) is 20.3.